The maximum absolute atomic E-state index is 13.0. The lowest BCUT2D eigenvalue weighted by molar-refractivity contribution is -0.00242. The van der Waals surface area contributed by atoms with E-state index in [-0.39, 0.29) is 29.7 Å². The summed E-state index contributed by atoms with van der Waals surface area (Å²) in [6, 6.07) is 37.3. The number of aromatic nitrogens is 23. The quantitative estimate of drug-likeness (QED) is 0.172. The molecule has 0 aromatic carbocycles. The average molecular weight is 1600 g/mol. The van der Waals surface area contributed by atoms with Crippen LogP contribution in [0.25, 0.3) is 90.6 Å². The average Bonchev–Trinajstić information content (AvgIpc) is 1.36. The zero-order valence-electron chi connectivity index (χ0n) is 66.3. The van der Waals surface area contributed by atoms with Crippen LogP contribution in [0.1, 0.15) is 55.9 Å². The molecule has 35 nitrogen and oxygen atoms in total. The molecule has 0 unspecified atom stereocenters. The Bertz CT molecular complexity index is 7010. The number of nitrogens with zero attached hydrogens (tertiary/aromatic N) is 28. The molecule has 1 saturated carbocycles. The smallest absolute Gasteiger partial charge is 0.258 e. The fraction of sp³-hybridized carbons (Fsp3) is 0.369. The highest BCUT2D eigenvalue weighted by atomic mass is 16.1. The van der Waals surface area contributed by atoms with Gasteiger partial charge in [0.2, 0.25) is 0 Å². The summed E-state index contributed by atoms with van der Waals surface area (Å²) in [6.45, 7) is 27.4. The first-order valence-electron chi connectivity index (χ1n) is 40.1. The van der Waals surface area contributed by atoms with E-state index in [9.17, 15) is 19.2 Å². The van der Waals surface area contributed by atoms with Crippen LogP contribution in [0.3, 0.4) is 0 Å². The summed E-state index contributed by atoms with van der Waals surface area (Å²) in [6.07, 6.45) is 10.2. The standard InChI is InChI=1S/C23H23N7O.2C20H20N8O.C20H22N8O.CH4/c1-14-6-17-2-4-19(27-30(17)26-14)20-8-22(31)29-11-18(3-5-21(29)25-20)28-10-16-7-15-9-24-12-23(15,16)13-28;1-13-21-18-6-4-15(24-28(18)23-13)16-7-19(29)27-8-14(3-5-17(27)22-16)26-11-20(12-26)9-25(2)10-20;1-13-22-18-5-3-15(25-28(18)24-13)16-8-19(29)27-9-14(2-4-17(27)23-16)26-11-20(12-26)6-7-21-10-20;1-12-8-15(26-7-6-21-13(2)10-26)11-27-19(29)9-17(23-20(12)27)16-4-5-18-22-14(3)24-28(18)25-16;/h2-6,8,11,15-16,24H,7,9-10,12-13H2,1H3;3-8H,9-12H2,1-2H3;2-5,8-9,21H,6-7,10-12H2,1H3;4-5,8-9,11,13,21H,6-7,10H2,1-3H3;1H4/t15-,16-,23-;;;13-;/m0..0./s1. The molecule has 7 saturated heterocycles. The van der Waals surface area contributed by atoms with Gasteiger partial charge in [0.05, 0.1) is 56.7 Å². The lowest BCUT2D eigenvalue weighted by Gasteiger charge is -2.60. The highest BCUT2D eigenvalue weighted by Crippen LogP contribution is 2.58. The summed E-state index contributed by atoms with van der Waals surface area (Å²) in [4.78, 5) is 94.8. The molecule has 16 aromatic rings. The van der Waals surface area contributed by atoms with Gasteiger partial charge in [-0.1, -0.05) is 7.43 Å². The molecule has 4 atom stereocenters. The van der Waals surface area contributed by atoms with Crippen LogP contribution in [0.4, 0.5) is 22.7 Å². The van der Waals surface area contributed by atoms with Crippen LogP contribution in [0.2, 0.25) is 0 Å². The van der Waals surface area contributed by atoms with E-state index in [4.69, 9.17) is 9.97 Å². The maximum atomic E-state index is 13.0. The van der Waals surface area contributed by atoms with Gasteiger partial charge in [-0.2, -0.15) is 9.73 Å². The lowest BCUT2D eigenvalue weighted by Crippen LogP contribution is -2.71. The van der Waals surface area contributed by atoms with E-state index < -0.39 is 0 Å². The summed E-state index contributed by atoms with van der Waals surface area (Å²) in [7, 11) is 2.16. The number of nitrogens with one attached hydrogen (secondary N) is 3. The molecule has 3 spiro atoms. The number of likely N-dealkylation sites (tertiary alicyclic amines) is 1. The molecule has 7 aliphatic heterocycles. The molecular weight excluding hydrogens is 1510 g/mol. The van der Waals surface area contributed by atoms with Gasteiger partial charge in [-0.05, 0) is 189 Å². The van der Waals surface area contributed by atoms with Gasteiger partial charge in [0, 0.05) is 156 Å². The van der Waals surface area contributed by atoms with Crippen LogP contribution < -0.4 is 57.8 Å². The molecule has 24 rings (SSSR count). The Morgan fingerprint density at radius 2 is 0.866 bits per heavy atom. The fourth-order valence-corrected chi connectivity index (χ4v) is 19.0. The molecule has 604 valence electrons. The van der Waals surface area contributed by atoms with Crippen LogP contribution in [0.5, 0.6) is 0 Å². The van der Waals surface area contributed by atoms with Gasteiger partial charge in [-0.15, -0.1) is 49.6 Å². The van der Waals surface area contributed by atoms with Gasteiger partial charge in [-0.25, -0.2) is 34.9 Å². The minimum absolute atomic E-state index is 0. The topological polar surface area (TPSA) is 349 Å². The second-order valence-electron chi connectivity index (χ2n) is 33.4. The minimum Gasteiger partial charge on any atom is -0.369 e. The first-order chi connectivity index (χ1) is 57.1. The Kier molecular flexibility index (Phi) is 17.9. The van der Waals surface area contributed by atoms with Crippen molar-refractivity contribution in [1.82, 2.24) is 133 Å². The van der Waals surface area contributed by atoms with Crippen molar-refractivity contribution in [3.8, 4) is 45.6 Å². The summed E-state index contributed by atoms with van der Waals surface area (Å²) in [5.74, 6) is 3.53. The third-order valence-corrected chi connectivity index (χ3v) is 24.8. The monoisotopic (exact) mass is 1600 g/mol. The minimum atomic E-state index is -0.130. The number of fused-ring (bicyclic) bond motifs is 8. The van der Waals surface area contributed by atoms with E-state index in [1.54, 1.807) is 28.3 Å². The van der Waals surface area contributed by atoms with Crippen LogP contribution >= 0.6 is 0 Å². The molecule has 0 radical (unpaired) electrons. The zero-order chi connectivity index (χ0) is 80.2. The largest absolute Gasteiger partial charge is 0.369 e. The van der Waals surface area contributed by atoms with Crippen LogP contribution in [-0.4, -0.2) is 228 Å². The predicted octanol–water partition coefficient (Wildman–Crippen LogP) is 5.38. The molecule has 23 heterocycles. The molecule has 119 heavy (non-hydrogen) atoms. The number of hydrogen-bond donors (Lipinski definition) is 3. The second-order valence-corrected chi connectivity index (χ2v) is 33.4. The zero-order valence-corrected chi connectivity index (χ0v) is 66.3. The van der Waals surface area contributed by atoms with Crippen molar-refractivity contribution in [2.75, 3.05) is 125 Å². The number of piperazine rings is 1. The third kappa shape index (κ3) is 13.4. The van der Waals surface area contributed by atoms with Crippen LogP contribution in [-0.2, 0) is 0 Å². The molecule has 0 amide bonds. The molecule has 35 heteroatoms. The Balaban J connectivity index is 0.000000101. The van der Waals surface area contributed by atoms with E-state index in [1.165, 1.54) is 44.9 Å². The summed E-state index contributed by atoms with van der Waals surface area (Å²) in [5.41, 5.74) is 16.8. The van der Waals surface area contributed by atoms with Gasteiger partial charge in [0.25, 0.3) is 22.2 Å². The van der Waals surface area contributed by atoms with Crippen molar-refractivity contribution in [1.29, 1.82) is 0 Å². The van der Waals surface area contributed by atoms with Crippen LogP contribution in [0, 0.1) is 62.7 Å². The summed E-state index contributed by atoms with van der Waals surface area (Å²) in [5, 5.41) is 45.4. The van der Waals surface area contributed by atoms with Crippen molar-refractivity contribution >= 4 is 67.8 Å². The molecule has 3 N–H and O–H groups in total. The number of anilines is 4. The number of aryl methyl sites for hydroxylation is 5. The van der Waals surface area contributed by atoms with Crippen LogP contribution in [0.15, 0.2) is 165 Å². The molecule has 1 aliphatic carbocycles. The SMILES string of the molecule is C.Cc1cc2ccc(-c3cc(=O)n4cc(N5C[C@@H]6C[C@H]7CNC[C@]76C5)ccc4n3)nn2n1.Cc1nc2ccc(-c3cc(=O)n4cc(N5CC6(CCNC6)C5)ccc4n3)nn2n1.Cc1nc2ccc(-c3cc(=O)n4cc(N5CC6(CN(C)C6)C5)ccc4n3)nn2n1.Cc1nc2ccc(-c3cc(=O)n4cc(N5CCN[C@@H](C)C5)cc(C)c4n3)nn2n1. The normalized spacial score (nSPS) is 20.1. The second kappa shape index (κ2) is 28.5. The number of rotatable bonds is 8. The van der Waals surface area contributed by atoms with Crippen molar-refractivity contribution in [2.24, 2.45) is 28.1 Å². The fourth-order valence-electron chi connectivity index (χ4n) is 19.0. The molecule has 8 fully saturated rings. The van der Waals surface area contributed by atoms with Gasteiger partial charge in [0.15, 0.2) is 16.9 Å². The van der Waals surface area contributed by atoms with Gasteiger partial charge in [-0.3, -0.25) is 36.8 Å². The maximum Gasteiger partial charge on any atom is 0.258 e. The van der Waals surface area contributed by atoms with E-state index >= 15 is 0 Å². The third-order valence-electron chi connectivity index (χ3n) is 24.8. The summed E-state index contributed by atoms with van der Waals surface area (Å²) < 4.78 is 12.5. The van der Waals surface area contributed by atoms with Gasteiger partial charge >= 0.3 is 0 Å². The van der Waals surface area contributed by atoms with E-state index in [0.717, 1.165) is 150 Å². The molecule has 8 aliphatic rings. The first-order valence-corrected chi connectivity index (χ1v) is 40.1. The Morgan fingerprint density at radius 3 is 1.36 bits per heavy atom. The highest BCUT2D eigenvalue weighted by Gasteiger charge is 2.61. The number of hydrogen-bond acceptors (Lipinski definition) is 27. The van der Waals surface area contributed by atoms with Crippen molar-refractivity contribution < 1.29 is 0 Å². The lowest BCUT2D eigenvalue weighted by atomic mass is 9.56. The molecule has 0 bridgehead atoms. The van der Waals surface area contributed by atoms with Crippen molar-refractivity contribution in [3.05, 3.63) is 216 Å². The highest BCUT2D eigenvalue weighted by molar-refractivity contribution is 5.67. The van der Waals surface area contributed by atoms with E-state index in [1.807, 2.05) is 144 Å². The first kappa shape index (κ1) is 74.6. The van der Waals surface area contributed by atoms with E-state index in [0.29, 0.717) is 125 Å². The van der Waals surface area contributed by atoms with Crippen molar-refractivity contribution in [3.63, 3.8) is 0 Å². The molecular formula is C84H89N31O4. The Morgan fingerprint density at radius 1 is 0.395 bits per heavy atom. The van der Waals surface area contributed by atoms with E-state index in [2.05, 4.69) is 132 Å². The number of pyridine rings is 4. The Labute approximate surface area is 679 Å². The van der Waals surface area contributed by atoms with Crippen molar-refractivity contribution in [2.45, 2.75) is 67.9 Å². The van der Waals surface area contributed by atoms with Gasteiger partial charge in [0.1, 0.15) is 62.8 Å². The Hall–Kier alpha value is -13.3. The predicted molar refractivity (Wildman–Crippen MR) is 451 cm³/mol. The van der Waals surface area contributed by atoms with Gasteiger partial charge < -0.3 is 40.4 Å². The molecule has 16 aromatic heterocycles. The summed E-state index contributed by atoms with van der Waals surface area (Å²) >= 11 is 0.